The first-order chi connectivity index (χ1) is 14.6. The average molecular weight is 425 g/mol. The Morgan fingerprint density at radius 3 is 2.70 bits per heavy atom. The summed E-state index contributed by atoms with van der Waals surface area (Å²) in [6.45, 7) is 1.44. The molecule has 4 nitrogen and oxygen atoms in total. The van der Waals surface area contributed by atoms with E-state index < -0.39 is 0 Å². The molecule has 1 aliphatic rings. The predicted molar refractivity (Wildman–Crippen MR) is 114 cm³/mol. The van der Waals surface area contributed by atoms with E-state index in [-0.39, 0.29) is 24.2 Å². The summed E-state index contributed by atoms with van der Waals surface area (Å²) in [5, 5.41) is 0.719. The van der Waals surface area contributed by atoms with Crippen molar-refractivity contribution in [2.75, 3.05) is 19.7 Å². The fourth-order valence-electron chi connectivity index (χ4n) is 3.56. The first kappa shape index (κ1) is 20.5. The van der Waals surface area contributed by atoms with Crippen LogP contribution in [0.1, 0.15) is 28.6 Å². The van der Waals surface area contributed by atoms with E-state index in [2.05, 4.69) is 0 Å². The molecule has 0 aliphatic carbocycles. The summed E-state index contributed by atoms with van der Waals surface area (Å²) in [6.07, 6.45) is 0.600. The van der Waals surface area contributed by atoms with Crippen LogP contribution in [0.3, 0.4) is 0 Å². The van der Waals surface area contributed by atoms with Crippen LogP contribution in [-0.2, 0) is 22.4 Å². The Bertz CT molecular complexity index is 1030. The SMILES string of the molecule is O=C(Cc1ccc(F)cc1)N1CCO[C@H](c2cccc(Cc3ccccc3Cl)n2)C1. The number of aromatic nitrogens is 1. The summed E-state index contributed by atoms with van der Waals surface area (Å²) in [6, 6.07) is 19.6. The van der Waals surface area contributed by atoms with Crippen LogP contribution in [0.2, 0.25) is 5.02 Å². The summed E-state index contributed by atoms with van der Waals surface area (Å²) in [5.41, 5.74) is 3.52. The Balaban J connectivity index is 1.43. The molecule has 30 heavy (non-hydrogen) atoms. The van der Waals surface area contributed by atoms with E-state index in [0.717, 1.165) is 27.5 Å². The summed E-state index contributed by atoms with van der Waals surface area (Å²) in [7, 11) is 0. The number of halogens is 2. The monoisotopic (exact) mass is 424 g/mol. The smallest absolute Gasteiger partial charge is 0.227 e. The van der Waals surface area contributed by atoms with E-state index in [4.69, 9.17) is 21.3 Å². The molecular formula is C24H22ClFN2O2. The van der Waals surface area contributed by atoms with Crippen molar-refractivity contribution in [1.29, 1.82) is 0 Å². The predicted octanol–water partition coefficient (Wildman–Crippen LogP) is 4.61. The number of rotatable bonds is 5. The van der Waals surface area contributed by atoms with E-state index in [9.17, 15) is 9.18 Å². The van der Waals surface area contributed by atoms with Gasteiger partial charge in [0.15, 0.2) is 0 Å². The maximum Gasteiger partial charge on any atom is 0.227 e. The van der Waals surface area contributed by atoms with Crippen LogP contribution < -0.4 is 0 Å². The third kappa shape index (κ3) is 5.04. The normalized spacial score (nSPS) is 16.5. The lowest BCUT2D eigenvalue weighted by molar-refractivity contribution is -0.138. The van der Waals surface area contributed by atoms with Crippen LogP contribution in [0.4, 0.5) is 4.39 Å². The molecule has 1 atom stereocenters. The van der Waals surface area contributed by atoms with Crippen LogP contribution in [0, 0.1) is 5.82 Å². The molecule has 1 amide bonds. The van der Waals surface area contributed by atoms with Gasteiger partial charge in [-0.25, -0.2) is 4.39 Å². The standard InChI is InChI=1S/C24H22ClFN2O2/c25-21-6-2-1-4-18(21)15-20-5-3-7-22(27-20)23-16-28(12-13-30-23)24(29)14-17-8-10-19(26)11-9-17/h1-11,23H,12-16H2/t23-/m0/s1. The topological polar surface area (TPSA) is 42.4 Å². The van der Waals surface area contributed by atoms with Gasteiger partial charge in [0.1, 0.15) is 11.9 Å². The Labute approximate surface area is 180 Å². The highest BCUT2D eigenvalue weighted by Gasteiger charge is 2.26. The quantitative estimate of drug-likeness (QED) is 0.600. The number of morpholine rings is 1. The highest BCUT2D eigenvalue weighted by atomic mass is 35.5. The molecular weight excluding hydrogens is 403 g/mol. The highest BCUT2D eigenvalue weighted by Crippen LogP contribution is 2.23. The molecule has 2 heterocycles. The van der Waals surface area contributed by atoms with E-state index in [0.29, 0.717) is 26.1 Å². The molecule has 3 aromatic rings. The Morgan fingerprint density at radius 2 is 1.90 bits per heavy atom. The first-order valence-electron chi connectivity index (χ1n) is 9.91. The van der Waals surface area contributed by atoms with Crippen molar-refractivity contribution >= 4 is 17.5 Å². The van der Waals surface area contributed by atoms with Crippen molar-refractivity contribution in [3.05, 3.63) is 100 Å². The van der Waals surface area contributed by atoms with Crippen LogP contribution in [0.25, 0.3) is 0 Å². The van der Waals surface area contributed by atoms with Crippen LogP contribution >= 0.6 is 11.6 Å². The van der Waals surface area contributed by atoms with Gasteiger partial charge in [-0.2, -0.15) is 0 Å². The Morgan fingerprint density at radius 1 is 1.10 bits per heavy atom. The average Bonchev–Trinajstić information content (AvgIpc) is 2.77. The second kappa shape index (κ2) is 9.37. The number of hydrogen-bond acceptors (Lipinski definition) is 3. The minimum Gasteiger partial charge on any atom is -0.368 e. The van der Waals surface area contributed by atoms with Gasteiger partial charge >= 0.3 is 0 Å². The van der Waals surface area contributed by atoms with Gasteiger partial charge in [0.05, 0.1) is 25.3 Å². The third-order valence-electron chi connectivity index (χ3n) is 5.18. The summed E-state index contributed by atoms with van der Waals surface area (Å²) >= 11 is 6.27. The van der Waals surface area contributed by atoms with Crippen LogP contribution in [0.15, 0.2) is 66.7 Å². The van der Waals surface area contributed by atoms with Crippen molar-refractivity contribution in [1.82, 2.24) is 9.88 Å². The van der Waals surface area contributed by atoms with Gasteiger partial charge in [0, 0.05) is 23.7 Å². The number of nitrogens with zero attached hydrogens (tertiary/aromatic N) is 2. The number of amides is 1. The molecule has 4 rings (SSSR count). The first-order valence-corrected chi connectivity index (χ1v) is 10.3. The molecule has 1 fully saturated rings. The van der Waals surface area contributed by atoms with Crippen molar-refractivity contribution in [2.45, 2.75) is 18.9 Å². The fraction of sp³-hybridized carbons (Fsp3) is 0.250. The zero-order valence-electron chi connectivity index (χ0n) is 16.4. The van der Waals surface area contributed by atoms with Crippen LogP contribution in [-0.4, -0.2) is 35.5 Å². The summed E-state index contributed by atoms with van der Waals surface area (Å²) in [5.74, 6) is -0.303. The van der Waals surface area contributed by atoms with Crippen molar-refractivity contribution < 1.29 is 13.9 Å². The minimum atomic E-state index is -0.305. The molecule has 1 aromatic heterocycles. The van der Waals surface area contributed by atoms with E-state index in [1.54, 1.807) is 17.0 Å². The molecule has 0 bridgehead atoms. The lowest BCUT2D eigenvalue weighted by Crippen LogP contribution is -2.43. The number of hydrogen-bond donors (Lipinski definition) is 0. The van der Waals surface area contributed by atoms with Gasteiger partial charge in [-0.15, -0.1) is 0 Å². The van der Waals surface area contributed by atoms with Gasteiger partial charge in [-0.05, 0) is 41.5 Å². The number of carbonyl (C=O) groups is 1. The maximum absolute atomic E-state index is 13.1. The van der Waals surface area contributed by atoms with Crippen molar-refractivity contribution in [3.8, 4) is 0 Å². The Hall–Kier alpha value is -2.76. The van der Waals surface area contributed by atoms with Gasteiger partial charge < -0.3 is 9.64 Å². The molecule has 0 saturated carbocycles. The second-order valence-electron chi connectivity index (χ2n) is 7.32. The lowest BCUT2D eigenvalue weighted by atomic mass is 10.1. The molecule has 0 unspecified atom stereocenters. The van der Waals surface area contributed by atoms with Crippen molar-refractivity contribution in [2.24, 2.45) is 0 Å². The largest absolute Gasteiger partial charge is 0.368 e. The molecule has 1 aliphatic heterocycles. The molecule has 2 aromatic carbocycles. The third-order valence-corrected chi connectivity index (χ3v) is 5.54. The summed E-state index contributed by atoms with van der Waals surface area (Å²) in [4.78, 5) is 19.3. The minimum absolute atomic E-state index is 0.00197. The van der Waals surface area contributed by atoms with Crippen molar-refractivity contribution in [3.63, 3.8) is 0 Å². The highest BCUT2D eigenvalue weighted by molar-refractivity contribution is 6.31. The van der Waals surface area contributed by atoms with E-state index >= 15 is 0 Å². The van der Waals surface area contributed by atoms with E-state index in [1.807, 2.05) is 42.5 Å². The molecule has 6 heteroatoms. The number of carbonyl (C=O) groups excluding carboxylic acids is 1. The molecule has 0 radical (unpaired) electrons. The molecule has 154 valence electrons. The summed E-state index contributed by atoms with van der Waals surface area (Å²) < 4.78 is 19.0. The van der Waals surface area contributed by atoms with Gasteiger partial charge in [0.25, 0.3) is 0 Å². The lowest BCUT2D eigenvalue weighted by Gasteiger charge is -2.33. The zero-order chi connectivity index (χ0) is 20.9. The zero-order valence-corrected chi connectivity index (χ0v) is 17.2. The number of ether oxygens (including phenoxy) is 1. The Kier molecular flexibility index (Phi) is 6.41. The number of benzene rings is 2. The van der Waals surface area contributed by atoms with Gasteiger partial charge in [-0.1, -0.05) is 48.0 Å². The molecule has 0 N–H and O–H groups in total. The maximum atomic E-state index is 13.1. The molecule has 1 saturated heterocycles. The van der Waals surface area contributed by atoms with Gasteiger partial charge in [-0.3, -0.25) is 9.78 Å². The number of pyridine rings is 1. The second-order valence-corrected chi connectivity index (χ2v) is 7.73. The molecule has 0 spiro atoms. The van der Waals surface area contributed by atoms with Crippen LogP contribution in [0.5, 0.6) is 0 Å². The van der Waals surface area contributed by atoms with Gasteiger partial charge in [0.2, 0.25) is 5.91 Å². The fourth-order valence-corrected chi connectivity index (χ4v) is 3.76. The van der Waals surface area contributed by atoms with E-state index in [1.165, 1.54) is 12.1 Å².